The molecule has 0 heterocycles. The molecule has 0 unspecified atom stereocenters. The van der Waals surface area contributed by atoms with Crippen LogP contribution in [0.15, 0.2) is 53.4 Å². The van der Waals surface area contributed by atoms with Gasteiger partial charge in [-0.1, -0.05) is 37.1 Å². The minimum atomic E-state index is -0.559. The van der Waals surface area contributed by atoms with Crippen LogP contribution in [-0.2, 0) is 16.1 Å². The Balaban J connectivity index is 2.06. The van der Waals surface area contributed by atoms with Gasteiger partial charge < -0.3 is 15.0 Å². The maximum absolute atomic E-state index is 13.1. The van der Waals surface area contributed by atoms with Gasteiger partial charge in [0.1, 0.15) is 11.8 Å². The number of benzene rings is 2. The number of unbranched alkanes of at least 4 members (excludes halogenated alkanes) is 1. The molecule has 2 aromatic carbocycles. The smallest absolute Gasteiger partial charge is 0.242 e. The van der Waals surface area contributed by atoms with Crippen molar-refractivity contribution in [1.29, 1.82) is 0 Å². The largest absolute Gasteiger partial charge is 0.497 e. The van der Waals surface area contributed by atoms with Gasteiger partial charge >= 0.3 is 0 Å². The molecular formula is C24H31ClN2O3S. The van der Waals surface area contributed by atoms with E-state index in [1.165, 1.54) is 0 Å². The zero-order chi connectivity index (χ0) is 22.6. The van der Waals surface area contributed by atoms with Gasteiger partial charge in [0.05, 0.1) is 7.11 Å². The zero-order valence-corrected chi connectivity index (χ0v) is 20.0. The molecule has 7 heteroatoms. The van der Waals surface area contributed by atoms with Crippen molar-refractivity contribution in [2.45, 2.75) is 50.6 Å². The topological polar surface area (TPSA) is 58.6 Å². The number of carbonyl (C=O) groups excluding carboxylic acids is 2. The van der Waals surface area contributed by atoms with Gasteiger partial charge in [0.2, 0.25) is 11.8 Å². The third kappa shape index (κ3) is 8.46. The first kappa shape index (κ1) is 25.1. The number of hydrogen-bond acceptors (Lipinski definition) is 4. The van der Waals surface area contributed by atoms with Crippen LogP contribution in [0.4, 0.5) is 0 Å². The summed E-state index contributed by atoms with van der Waals surface area (Å²) in [5, 5.41) is 3.63. The van der Waals surface area contributed by atoms with E-state index in [1.54, 1.807) is 30.7 Å². The van der Waals surface area contributed by atoms with Gasteiger partial charge in [0, 0.05) is 35.2 Å². The van der Waals surface area contributed by atoms with Gasteiger partial charge in [0.15, 0.2) is 0 Å². The van der Waals surface area contributed by atoms with Crippen molar-refractivity contribution >= 4 is 35.2 Å². The monoisotopic (exact) mass is 462 g/mol. The van der Waals surface area contributed by atoms with E-state index in [4.69, 9.17) is 16.3 Å². The molecule has 0 aromatic heterocycles. The molecule has 0 aliphatic rings. The van der Waals surface area contributed by atoms with Gasteiger partial charge in [-0.15, -0.1) is 11.8 Å². The molecule has 0 spiro atoms. The number of carbonyl (C=O) groups is 2. The summed E-state index contributed by atoms with van der Waals surface area (Å²) in [6.07, 6.45) is 2.26. The molecule has 0 saturated carbocycles. The van der Waals surface area contributed by atoms with Crippen molar-refractivity contribution in [2.75, 3.05) is 19.4 Å². The lowest BCUT2D eigenvalue weighted by atomic mass is 10.1. The van der Waals surface area contributed by atoms with Crippen LogP contribution in [0.5, 0.6) is 5.75 Å². The van der Waals surface area contributed by atoms with Crippen LogP contribution in [0.2, 0.25) is 5.02 Å². The first-order valence-corrected chi connectivity index (χ1v) is 11.9. The molecule has 31 heavy (non-hydrogen) atoms. The molecule has 5 nitrogen and oxygen atoms in total. The van der Waals surface area contributed by atoms with E-state index in [9.17, 15) is 9.59 Å². The van der Waals surface area contributed by atoms with E-state index in [0.29, 0.717) is 30.3 Å². The Morgan fingerprint density at radius 2 is 1.94 bits per heavy atom. The van der Waals surface area contributed by atoms with Gasteiger partial charge in [-0.3, -0.25) is 9.59 Å². The predicted molar refractivity (Wildman–Crippen MR) is 128 cm³/mol. The number of amides is 2. The summed E-state index contributed by atoms with van der Waals surface area (Å²) in [6, 6.07) is 14.6. The number of nitrogens with one attached hydrogen (secondary N) is 1. The number of thioether (sulfide) groups is 1. The average molecular weight is 463 g/mol. The molecule has 2 amide bonds. The molecule has 0 bridgehead atoms. The summed E-state index contributed by atoms with van der Waals surface area (Å²) < 4.78 is 5.30. The second-order valence-electron chi connectivity index (χ2n) is 7.25. The lowest BCUT2D eigenvalue weighted by molar-refractivity contribution is -0.140. The highest BCUT2D eigenvalue weighted by atomic mass is 35.5. The molecule has 2 aromatic rings. The Bertz CT molecular complexity index is 845. The quantitative estimate of drug-likeness (QED) is 0.349. The molecule has 0 aliphatic carbocycles. The van der Waals surface area contributed by atoms with E-state index in [-0.39, 0.29) is 11.8 Å². The van der Waals surface area contributed by atoms with Crippen molar-refractivity contribution in [3.8, 4) is 5.75 Å². The van der Waals surface area contributed by atoms with E-state index < -0.39 is 6.04 Å². The van der Waals surface area contributed by atoms with E-state index in [2.05, 4.69) is 12.2 Å². The maximum Gasteiger partial charge on any atom is 0.242 e. The standard InChI is InChI=1S/C24H31ClN2O3S/c1-4-5-14-26-24(29)18(2)27(17-19-7-6-8-21(16-19)30-3)23(28)13-15-31-22-11-9-20(25)10-12-22/h6-12,16,18H,4-5,13-15,17H2,1-3H3,(H,26,29)/t18-/m1/s1. The van der Waals surface area contributed by atoms with E-state index in [0.717, 1.165) is 29.1 Å². The van der Waals surface area contributed by atoms with Crippen LogP contribution in [0.1, 0.15) is 38.7 Å². The molecule has 168 valence electrons. The van der Waals surface area contributed by atoms with Gasteiger partial charge in [-0.2, -0.15) is 0 Å². The second-order valence-corrected chi connectivity index (χ2v) is 8.85. The van der Waals surface area contributed by atoms with Gasteiger partial charge in [-0.25, -0.2) is 0 Å². The van der Waals surface area contributed by atoms with Crippen LogP contribution < -0.4 is 10.1 Å². The van der Waals surface area contributed by atoms with Crippen molar-refractivity contribution < 1.29 is 14.3 Å². The van der Waals surface area contributed by atoms with Crippen LogP contribution in [0, 0.1) is 0 Å². The number of nitrogens with zero attached hydrogens (tertiary/aromatic N) is 1. The third-order valence-corrected chi connectivity index (χ3v) is 6.15. The molecule has 1 N–H and O–H groups in total. The van der Waals surface area contributed by atoms with Crippen LogP contribution in [0.25, 0.3) is 0 Å². The lowest BCUT2D eigenvalue weighted by Crippen LogP contribution is -2.47. The van der Waals surface area contributed by atoms with Crippen molar-refractivity contribution in [3.05, 3.63) is 59.1 Å². The highest BCUT2D eigenvalue weighted by Gasteiger charge is 2.25. The van der Waals surface area contributed by atoms with Crippen LogP contribution >= 0.6 is 23.4 Å². The minimum absolute atomic E-state index is 0.0533. The number of ether oxygens (including phenoxy) is 1. The summed E-state index contributed by atoms with van der Waals surface area (Å²) in [7, 11) is 1.61. The average Bonchev–Trinajstić information content (AvgIpc) is 2.78. The summed E-state index contributed by atoms with van der Waals surface area (Å²) >= 11 is 7.53. The molecule has 0 saturated heterocycles. The SMILES string of the molecule is CCCCNC(=O)[C@@H](C)N(Cc1cccc(OC)c1)C(=O)CCSc1ccc(Cl)cc1. The fourth-order valence-corrected chi connectivity index (χ4v) is 3.98. The summed E-state index contributed by atoms with van der Waals surface area (Å²) in [5.74, 6) is 1.17. The number of halogens is 1. The summed E-state index contributed by atoms with van der Waals surface area (Å²) in [4.78, 5) is 28.5. The fraction of sp³-hybridized carbons (Fsp3) is 0.417. The highest BCUT2D eigenvalue weighted by Crippen LogP contribution is 2.22. The Hall–Kier alpha value is -2.18. The molecule has 0 fully saturated rings. The summed E-state index contributed by atoms with van der Waals surface area (Å²) in [5.41, 5.74) is 0.922. The Morgan fingerprint density at radius 3 is 2.61 bits per heavy atom. The Kier molecular flexibility index (Phi) is 10.7. The number of methoxy groups -OCH3 is 1. The predicted octanol–water partition coefficient (Wildman–Crippen LogP) is 5.16. The Morgan fingerprint density at radius 1 is 1.19 bits per heavy atom. The van der Waals surface area contributed by atoms with Crippen molar-refractivity contribution in [3.63, 3.8) is 0 Å². The maximum atomic E-state index is 13.1. The molecule has 0 aliphatic heterocycles. The second kappa shape index (κ2) is 13.3. The molecular weight excluding hydrogens is 432 g/mol. The molecule has 0 radical (unpaired) electrons. The number of hydrogen-bond donors (Lipinski definition) is 1. The van der Waals surface area contributed by atoms with E-state index >= 15 is 0 Å². The zero-order valence-electron chi connectivity index (χ0n) is 18.4. The lowest BCUT2D eigenvalue weighted by Gasteiger charge is -2.29. The third-order valence-electron chi connectivity index (χ3n) is 4.88. The minimum Gasteiger partial charge on any atom is -0.497 e. The first-order valence-electron chi connectivity index (χ1n) is 10.5. The van der Waals surface area contributed by atoms with Gasteiger partial charge in [-0.05, 0) is 55.3 Å². The first-order chi connectivity index (χ1) is 14.9. The fourth-order valence-electron chi connectivity index (χ4n) is 3.02. The van der Waals surface area contributed by atoms with Crippen LogP contribution in [0.3, 0.4) is 0 Å². The highest BCUT2D eigenvalue weighted by molar-refractivity contribution is 7.99. The van der Waals surface area contributed by atoms with Crippen molar-refractivity contribution in [1.82, 2.24) is 10.2 Å². The Labute approximate surface area is 194 Å². The number of rotatable bonds is 12. The molecule has 2 rings (SSSR count). The van der Waals surface area contributed by atoms with E-state index in [1.807, 2.05) is 48.5 Å². The van der Waals surface area contributed by atoms with Crippen molar-refractivity contribution in [2.24, 2.45) is 0 Å². The normalized spacial score (nSPS) is 11.6. The summed E-state index contributed by atoms with van der Waals surface area (Å²) in [6.45, 7) is 4.83. The van der Waals surface area contributed by atoms with Crippen LogP contribution in [-0.4, -0.2) is 42.2 Å². The molecule has 1 atom stereocenters. The van der Waals surface area contributed by atoms with Gasteiger partial charge in [0.25, 0.3) is 0 Å².